The van der Waals surface area contributed by atoms with E-state index in [0.29, 0.717) is 10.6 Å². The Morgan fingerprint density at radius 2 is 1.93 bits per heavy atom. The largest absolute Gasteiger partial charge is 0.223 e. The van der Waals surface area contributed by atoms with E-state index in [2.05, 4.69) is 0 Å². The minimum absolute atomic E-state index is 0.259. The fourth-order valence-corrected chi connectivity index (χ4v) is 1.57. The molecule has 5 heteroatoms. The molecule has 0 atom stereocenters. The molecule has 0 aliphatic rings. The molecule has 0 saturated heterocycles. The highest BCUT2D eigenvalue weighted by molar-refractivity contribution is 7.95. The van der Waals surface area contributed by atoms with Crippen molar-refractivity contribution in [3.8, 4) is 6.07 Å². The van der Waals surface area contributed by atoms with Crippen molar-refractivity contribution in [2.24, 2.45) is 0 Å². The van der Waals surface area contributed by atoms with E-state index in [9.17, 15) is 8.42 Å². The highest BCUT2D eigenvalue weighted by Gasteiger charge is 2.09. The third-order valence-electron chi connectivity index (χ3n) is 1.68. The second kappa shape index (κ2) is 4.47. The second-order valence-electron chi connectivity index (χ2n) is 2.94. The molecule has 0 amide bonds. The van der Waals surface area contributed by atoms with E-state index < -0.39 is 9.84 Å². The van der Waals surface area contributed by atoms with Crippen molar-refractivity contribution >= 4 is 27.5 Å². The quantitative estimate of drug-likeness (QED) is 0.747. The maximum atomic E-state index is 11.1. The molecule has 0 aliphatic heterocycles. The Morgan fingerprint density at radius 1 is 1.40 bits per heavy atom. The molecular weight excluding hydrogens is 234 g/mol. The van der Waals surface area contributed by atoms with Crippen LogP contribution in [0.15, 0.2) is 29.2 Å². The molecular formula is C10H8ClNO2S. The number of nitriles is 1. The molecule has 0 bridgehead atoms. The summed E-state index contributed by atoms with van der Waals surface area (Å²) in [5, 5.41) is 9.21. The van der Waals surface area contributed by atoms with Gasteiger partial charge in [-0.3, -0.25) is 0 Å². The van der Waals surface area contributed by atoms with Gasteiger partial charge in [0.1, 0.15) is 11.0 Å². The number of hydrogen-bond donors (Lipinski definition) is 0. The maximum Gasteiger partial charge on any atom is 0.185 e. The first-order valence-corrected chi connectivity index (χ1v) is 6.28. The summed E-state index contributed by atoms with van der Waals surface area (Å²) in [6.45, 7) is 0. The van der Waals surface area contributed by atoms with Gasteiger partial charge >= 0.3 is 0 Å². The Labute approximate surface area is 93.5 Å². The van der Waals surface area contributed by atoms with Crippen LogP contribution in [0.1, 0.15) is 5.56 Å². The summed E-state index contributed by atoms with van der Waals surface area (Å²) in [5.74, 6) is 0. The summed E-state index contributed by atoms with van der Waals surface area (Å²) in [5.41, 5.74) is 0.626. The summed E-state index contributed by atoms with van der Waals surface area (Å²) in [6, 6.07) is 8.19. The van der Waals surface area contributed by atoms with Gasteiger partial charge in [0.25, 0.3) is 0 Å². The number of sulfone groups is 1. The van der Waals surface area contributed by atoms with Gasteiger partial charge in [-0.2, -0.15) is 5.26 Å². The summed E-state index contributed by atoms with van der Waals surface area (Å²) < 4.78 is 22.2. The zero-order chi connectivity index (χ0) is 11.5. The second-order valence-corrected chi connectivity index (χ2v) is 5.36. The molecule has 0 aliphatic carbocycles. The number of nitrogens with zero attached hydrogens (tertiary/aromatic N) is 1. The first-order valence-electron chi connectivity index (χ1n) is 4.01. The van der Waals surface area contributed by atoms with Crippen LogP contribution in [0.4, 0.5) is 0 Å². The van der Waals surface area contributed by atoms with Crippen molar-refractivity contribution in [2.45, 2.75) is 0 Å². The molecule has 78 valence electrons. The Morgan fingerprint density at radius 3 is 2.33 bits per heavy atom. The molecule has 0 heterocycles. The van der Waals surface area contributed by atoms with Crippen LogP contribution >= 0.6 is 11.6 Å². The third kappa shape index (κ3) is 3.39. The first kappa shape index (κ1) is 11.8. The van der Waals surface area contributed by atoms with Gasteiger partial charge in [-0.05, 0) is 23.8 Å². The first-order chi connectivity index (χ1) is 6.93. The van der Waals surface area contributed by atoms with Gasteiger partial charge in [0.15, 0.2) is 9.84 Å². The van der Waals surface area contributed by atoms with Crippen LogP contribution < -0.4 is 0 Å². The van der Waals surface area contributed by atoms with Crippen molar-refractivity contribution in [3.63, 3.8) is 0 Å². The van der Waals surface area contributed by atoms with E-state index in [1.54, 1.807) is 30.3 Å². The number of halogens is 1. The molecule has 0 N–H and O–H groups in total. The van der Waals surface area contributed by atoms with Gasteiger partial charge in [0.2, 0.25) is 0 Å². The summed E-state index contributed by atoms with van der Waals surface area (Å²) >= 11 is 5.67. The molecule has 0 saturated carbocycles. The van der Waals surface area contributed by atoms with Crippen molar-refractivity contribution in [1.29, 1.82) is 5.26 Å². The summed E-state index contributed by atoms with van der Waals surface area (Å²) in [7, 11) is -3.46. The van der Waals surface area contributed by atoms with Crippen LogP contribution in [0.5, 0.6) is 0 Å². The van der Waals surface area contributed by atoms with Crippen LogP contribution in [0.25, 0.3) is 6.08 Å². The summed E-state index contributed by atoms with van der Waals surface area (Å²) in [4.78, 5) is -0.259. The smallest absolute Gasteiger partial charge is 0.185 e. The molecule has 0 unspecified atom stereocenters. The van der Waals surface area contributed by atoms with E-state index in [4.69, 9.17) is 16.9 Å². The van der Waals surface area contributed by atoms with Crippen molar-refractivity contribution in [1.82, 2.24) is 0 Å². The van der Waals surface area contributed by atoms with E-state index in [1.165, 1.54) is 6.08 Å². The SMILES string of the molecule is CS(=O)(=O)/C(C#N)=C/c1ccc(Cl)cc1. The highest BCUT2D eigenvalue weighted by atomic mass is 35.5. The number of rotatable bonds is 2. The molecule has 1 rings (SSSR count). The fourth-order valence-electron chi connectivity index (χ4n) is 0.933. The van der Waals surface area contributed by atoms with E-state index in [-0.39, 0.29) is 4.91 Å². The molecule has 15 heavy (non-hydrogen) atoms. The van der Waals surface area contributed by atoms with E-state index in [1.807, 2.05) is 0 Å². The molecule has 3 nitrogen and oxygen atoms in total. The lowest BCUT2D eigenvalue weighted by Gasteiger charge is -1.96. The van der Waals surface area contributed by atoms with Crippen LogP contribution in [0.2, 0.25) is 5.02 Å². The van der Waals surface area contributed by atoms with Gasteiger partial charge in [0, 0.05) is 11.3 Å². The monoisotopic (exact) mass is 241 g/mol. The fraction of sp³-hybridized carbons (Fsp3) is 0.100. The predicted molar refractivity (Wildman–Crippen MR) is 59.9 cm³/mol. The van der Waals surface area contributed by atoms with Crippen LogP contribution in [0, 0.1) is 11.3 Å². The lowest BCUT2D eigenvalue weighted by molar-refractivity contribution is 0.609. The zero-order valence-corrected chi connectivity index (χ0v) is 9.51. The molecule has 1 aromatic carbocycles. The zero-order valence-electron chi connectivity index (χ0n) is 7.94. The average Bonchev–Trinajstić information content (AvgIpc) is 2.15. The van der Waals surface area contributed by atoms with Gasteiger partial charge in [-0.15, -0.1) is 0 Å². The van der Waals surface area contributed by atoms with E-state index in [0.717, 1.165) is 6.26 Å². The summed E-state index contributed by atoms with van der Waals surface area (Å²) in [6.07, 6.45) is 2.31. The normalized spacial score (nSPS) is 12.2. The number of benzene rings is 1. The predicted octanol–water partition coefficient (Wildman–Crippen LogP) is 2.25. The van der Waals surface area contributed by atoms with Gasteiger partial charge < -0.3 is 0 Å². The van der Waals surface area contributed by atoms with Crippen LogP contribution in [-0.4, -0.2) is 14.7 Å². The molecule has 0 aromatic heterocycles. The Bertz CT molecular complexity index is 524. The Balaban J connectivity index is 3.17. The minimum atomic E-state index is -3.46. The van der Waals surface area contributed by atoms with Crippen LogP contribution in [0.3, 0.4) is 0 Å². The minimum Gasteiger partial charge on any atom is -0.223 e. The van der Waals surface area contributed by atoms with Crippen molar-refractivity contribution in [2.75, 3.05) is 6.26 Å². The standard InChI is InChI=1S/C10H8ClNO2S/c1-15(13,14)10(7-12)6-8-2-4-9(11)5-3-8/h2-6H,1H3/b10-6+. The number of allylic oxidation sites excluding steroid dienone is 1. The lowest BCUT2D eigenvalue weighted by atomic mass is 10.2. The lowest BCUT2D eigenvalue weighted by Crippen LogP contribution is -1.98. The Kier molecular flexibility index (Phi) is 3.51. The van der Waals surface area contributed by atoms with E-state index >= 15 is 0 Å². The number of hydrogen-bond acceptors (Lipinski definition) is 3. The van der Waals surface area contributed by atoms with Gasteiger partial charge in [-0.25, -0.2) is 8.42 Å². The molecule has 1 aromatic rings. The molecule has 0 radical (unpaired) electrons. The molecule has 0 fully saturated rings. The van der Waals surface area contributed by atoms with Crippen molar-refractivity contribution < 1.29 is 8.42 Å². The van der Waals surface area contributed by atoms with Gasteiger partial charge in [0.05, 0.1) is 0 Å². The van der Waals surface area contributed by atoms with Crippen molar-refractivity contribution in [3.05, 3.63) is 39.8 Å². The van der Waals surface area contributed by atoms with Gasteiger partial charge in [-0.1, -0.05) is 23.7 Å². The molecule has 0 spiro atoms. The topological polar surface area (TPSA) is 57.9 Å². The maximum absolute atomic E-state index is 11.1. The third-order valence-corrected chi connectivity index (χ3v) is 2.94. The highest BCUT2D eigenvalue weighted by Crippen LogP contribution is 2.14. The van der Waals surface area contributed by atoms with Crippen LogP contribution in [-0.2, 0) is 9.84 Å². The Hall–Kier alpha value is -1.31. The average molecular weight is 242 g/mol.